The topological polar surface area (TPSA) is 42.4 Å². The number of piperidine rings is 1. The highest BCUT2D eigenvalue weighted by Crippen LogP contribution is 2.18. The minimum Gasteiger partial charge on any atom is -0.489 e. The van der Waals surface area contributed by atoms with Crippen LogP contribution in [0.15, 0.2) is 54.9 Å². The highest BCUT2D eigenvalue weighted by Gasteiger charge is 2.21. The van der Waals surface area contributed by atoms with Crippen molar-refractivity contribution in [2.75, 3.05) is 6.54 Å². The molecule has 2 aromatic rings. The summed E-state index contributed by atoms with van der Waals surface area (Å²) in [5.41, 5.74) is 2.08. The van der Waals surface area contributed by atoms with E-state index in [1.54, 1.807) is 18.5 Å². The van der Waals surface area contributed by atoms with E-state index in [0.717, 1.165) is 36.3 Å². The van der Waals surface area contributed by atoms with Crippen LogP contribution >= 0.6 is 0 Å². The quantitative estimate of drug-likeness (QED) is 0.773. The fourth-order valence-corrected chi connectivity index (χ4v) is 3.01. The second-order valence-corrected chi connectivity index (χ2v) is 6.42. The van der Waals surface area contributed by atoms with E-state index >= 15 is 0 Å². The van der Waals surface area contributed by atoms with E-state index in [-0.39, 0.29) is 5.91 Å². The third-order valence-corrected chi connectivity index (χ3v) is 4.54. The van der Waals surface area contributed by atoms with Gasteiger partial charge in [-0.2, -0.15) is 0 Å². The number of benzene rings is 1. The van der Waals surface area contributed by atoms with Crippen LogP contribution in [0.3, 0.4) is 0 Å². The lowest BCUT2D eigenvalue weighted by molar-refractivity contribution is -0.129. The molecule has 25 heavy (non-hydrogen) atoms. The van der Waals surface area contributed by atoms with Crippen molar-refractivity contribution in [3.8, 4) is 5.75 Å². The minimum absolute atomic E-state index is 0.102. The molecule has 1 aromatic heterocycles. The molecule has 0 bridgehead atoms. The van der Waals surface area contributed by atoms with Gasteiger partial charge in [-0.25, -0.2) is 0 Å². The Hall–Kier alpha value is -2.62. The first-order valence-corrected chi connectivity index (χ1v) is 8.83. The Bertz CT molecular complexity index is 710. The van der Waals surface area contributed by atoms with Gasteiger partial charge in [-0.3, -0.25) is 9.78 Å². The molecule has 4 heteroatoms. The molecule has 1 atom stereocenters. The summed E-state index contributed by atoms with van der Waals surface area (Å²) in [4.78, 5) is 18.3. The molecule has 1 saturated heterocycles. The van der Waals surface area contributed by atoms with Crippen LogP contribution in [0.2, 0.25) is 0 Å². The molecule has 0 spiro atoms. The van der Waals surface area contributed by atoms with Gasteiger partial charge < -0.3 is 9.64 Å². The van der Waals surface area contributed by atoms with Crippen LogP contribution in [0, 0.1) is 0 Å². The Morgan fingerprint density at radius 3 is 2.68 bits per heavy atom. The Morgan fingerprint density at radius 2 is 1.96 bits per heavy atom. The lowest BCUT2D eigenvalue weighted by Crippen LogP contribution is -2.41. The lowest BCUT2D eigenvalue weighted by atomic mass is 10.0. The van der Waals surface area contributed by atoms with Gasteiger partial charge in [0.2, 0.25) is 5.91 Å². The average molecular weight is 336 g/mol. The minimum atomic E-state index is 0.102. The van der Waals surface area contributed by atoms with Gasteiger partial charge in [-0.15, -0.1) is 0 Å². The number of rotatable bonds is 5. The molecule has 1 amide bonds. The van der Waals surface area contributed by atoms with Crippen LogP contribution in [0.4, 0.5) is 0 Å². The first-order chi connectivity index (χ1) is 12.2. The van der Waals surface area contributed by atoms with Crippen molar-refractivity contribution in [1.29, 1.82) is 0 Å². The molecule has 4 nitrogen and oxygen atoms in total. The van der Waals surface area contributed by atoms with Gasteiger partial charge in [-0.1, -0.05) is 12.1 Å². The van der Waals surface area contributed by atoms with E-state index < -0.39 is 0 Å². The normalized spacial score (nSPS) is 17.6. The molecule has 1 aromatic carbocycles. The fraction of sp³-hybridized carbons (Fsp3) is 0.333. The third kappa shape index (κ3) is 4.92. The van der Waals surface area contributed by atoms with Crippen LogP contribution in [0.25, 0.3) is 6.08 Å². The van der Waals surface area contributed by atoms with E-state index in [2.05, 4.69) is 11.9 Å². The molecule has 3 rings (SSSR count). The second-order valence-electron chi connectivity index (χ2n) is 6.42. The largest absolute Gasteiger partial charge is 0.489 e. The van der Waals surface area contributed by atoms with E-state index in [0.29, 0.717) is 12.6 Å². The first kappa shape index (κ1) is 17.2. The molecule has 1 fully saturated rings. The van der Waals surface area contributed by atoms with Crippen molar-refractivity contribution >= 4 is 12.0 Å². The zero-order valence-corrected chi connectivity index (χ0v) is 14.6. The molecular formula is C21H24N2O2. The van der Waals surface area contributed by atoms with Gasteiger partial charge >= 0.3 is 0 Å². The van der Waals surface area contributed by atoms with Gasteiger partial charge in [-0.05, 0) is 67.7 Å². The van der Waals surface area contributed by atoms with Crippen molar-refractivity contribution in [2.24, 2.45) is 0 Å². The van der Waals surface area contributed by atoms with Gasteiger partial charge in [0.15, 0.2) is 0 Å². The molecule has 130 valence electrons. The molecule has 1 aliphatic rings. The monoisotopic (exact) mass is 336 g/mol. The molecular weight excluding hydrogens is 312 g/mol. The summed E-state index contributed by atoms with van der Waals surface area (Å²) in [7, 11) is 0. The van der Waals surface area contributed by atoms with Crippen LogP contribution in [0.5, 0.6) is 5.75 Å². The fourth-order valence-electron chi connectivity index (χ4n) is 3.01. The van der Waals surface area contributed by atoms with E-state index in [9.17, 15) is 4.79 Å². The molecule has 1 aliphatic heterocycles. The molecule has 2 heterocycles. The van der Waals surface area contributed by atoms with E-state index in [4.69, 9.17) is 4.74 Å². The van der Waals surface area contributed by atoms with Crippen molar-refractivity contribution < 1.29 is 9.53 Å². The van der Waals surface area contributed by atoms with Crippen LogP contribution in [-0.4, -0.2) is 28.4 Å². The number of hydrogen-bond donors (Lipinski definition) is 0. The number of pyridine rings is 1. The predicted octanol–water partition coefficient (Wildman–Crippen LogP) is 4.07. The summed E-state index contributed by atoms with van der Waals surface area (Å²) in [5.74, 6) is 0.912. The van der Waals surface area contributed by atoms with Gasteiger partial charge in [0.25, 0.3) is 0 Å². The predicted molar refractivity (Wildman–Crippen MR) is 99.1 cm³/mol. The lowest BCUT2D eigenvalue weighted by Gasteiger charge is -2.32. The number of aromatic nitrogens is 1. The maximum atomic E-state index is 12.3. The second kappa shape index (κ2) is 8.47. The SMILES string of the molecule is C[C@H]1CCCCN1C(=O)/C=C/c1ccc(OCc2ccncc2)cc1. The Morgan fingerprint density at radius 1 is 1.20 bits per heavy atom. The van der Waals surface area contributed by atoms with Crippen LogP contribution in [-0.2, 0) is 11.4 Å². The van der Waals surface area contributed by atoms with Crippen molar-refractivity contribution in [3.63, 3.8) is 0 Å². The maximum Gasteiger partial charge on any atom is 0.246 e. The summed E-state index contributed by atoms with van der Waals surface area (Å²) in [6.45, 7) is 3.51. The number of hydrogen-bond acceptors (Lipinski definition) is 3. The number of nitrogens with zero attached hydrogens (tertiary/aromatic N) is 2. The zero-order valence-electron chi connectivity index (χ0n) is 14.6. The van der Waals surface area contributed by atoms with Gasteiger partial charge in [0.1, 0.15) is 12.4 Å². The zero-order chi connectivity index (χ0) is 17.5. The number of amides is 1. The molecule has 0 saturated carbocycles. The summed E-state index contributed by atoms with van der Waals surface area (Å²) >= 11 is 0. The van der Waals surface area contributed by atoms with Crippen molar-refractivity contribution in [2.45, 2.75) is 38.8 Å². The number of carbonyl (C=O) groups is 1. The Kier molecular flexibility index (Phi) is 5.83. The molecule has 0 unspecified atom stereocenters. The maximum absolute atomic E-state index is 12.3. The highest BCUT2D eigenvalue weighted by molar-refractivity contribution is 5.92. The van der Waals surface area contributed by atoms with Gasteiger partial charge in [0, 0.05) is 31.1 Å². The summed E-state index contributed by atoms with van der Waals surface area (Å²) in [6.07, 6.45) is 10.5. The number of likely N-dealkylation sites (tertiary alicyclic amines) is 1. The molecule has 0 N–H and O–H groups in total. The standard InChI is InChI=1S/C21H24N2O2/c1-17-4-2-3-15-23(17)21(24)10-7-18-5-8-20(9-6-18)25-16-19-11-13-22-14-12-19/h5-14,17H,2-4,15-16H2,1H3/b10-7+/t17-/m0/s1. The summed E-state index contributed by atoms with van der Waals surface area (Å²) in [6, 6.07) is 12.0. The van der Waals surface area contributed by atoms with E-state index in [1.165, 1.54) is 6.42 Å². The van der Waals surface area contributed by atoms with Gasteiger partial charge in [0.05, 0.1) is 0 Å². The Labute approximate surface area is 149 Å². The number of ether oxygens (including phenoxy) is 1. The van der Waals surface area contributed by atoms with Crippen LogP contribution < -0.4 is 4.74 Å². The highest BCUT2D eigenvalue weighted by atomic mass is 16.5. The third-order valence-electron chi connectivity index (χ3n) is 4.54. The first-order valence-electron chi connectivity index (χ1n) is 8.83. The van der Waals surface area contributed by atoms with Crippen LogP contribution in [0.1, 0.15) is 37.3 Å². The summed E-state index contributed by atoms with van der Waals surface area (Å²) < 4.78 is 5.75. The summed E-state index contributed by atoms with van der Waals surface area (Å²) in [5, 5.41) is 0. The Balaban J connectivity index is 1.54. The van der Waals surface area contributed by atoms with E-state index in [1.807, 2.05) is 47.4 Å². The molecule has 0 aliphatic carbocycles. The average Bonchev–Trinajstić information content (AvgIpc) is 2.66. The van der Waals surface area contributed by atoms with Crippen molar-refractivity contribution in [1.82, 2.24) is 9.88 Å². The number of carbonyl (C=O) groups excluding carboxylic acids is 1. The van der Waals surface area contributed by atoms with Crippen molar-refractivity contribution in [3.05, 3.63) is 66.0 Å². The smallest absolute Gasteiger partial charge is 0.246 e. The molecule has 0 radical (unpaired) electrons.